The van der Waals surface area contributed by atoms with Gasteiger partial charge in [-0.3, -0.25) is 9.59 Å². The number of anilines is 1. The van der Waals surface area contributed by atoms with Crippen LogP contribution in [0, 0.1) is 0 Å². The number of hydrogen-bond acceptors (Lipinski definition) is 5. The largest absolute Gasteiger partial charge is 0.375 e. The van der Waals surface area contributed by atoms with Crippen molar-refractivity contribution >= 4 is 39.8 Å². The summed E-state index contributed by atoms with van der Waals surface area (Å²) in [4.78, 5) is 29.4. The smallest absolute Gasteiger partial charge is 0.226 e. The topological polar surface area (TPSA) is 68.3 Å². The van der Waals surface area contributed by atoms with E-state index in [0.717, 1.165) is 17.0 Å². The summed E-state index contributed by atoms with van der Waals surface area (Å²) in [5.41, 5.74) is 1.55. The average Bonchev–Trinajstić information content (AvgIpc) is 2.95. The van der Waals surface area contributed by atoms with E-state index in [9.17, 15) is 9.59 Å². The van der Waals surface area contributed by atoms with Crippen LogP contribution in [0.3, 0.4) is 0 Å². The number of benzene rings is 1. The molecule has 1 aliphatic rings. The van der Waals surface area contributed by atoms with Crippen molar-refractivity contribution in [1.82, 2.24) is 4.98 Å². The lowest BCUT2D eigenvalue weighted by Crippen LogP contribution is -2.13. The van der Waals surface area contributed by atoms with Gasteiger partial charge in [-0.2, -0.15) is 0 Å². The maximum atomic E-state index is 12.0. The Balaban J connectivity index is 1.52. The summed E-state index contributed by atoms with van der Waals surface area (Å²) in [5, 5.41) is 3.91. The molecular formula is C16H15ClN2O3S. The van der Waals surface area contributed by atoms with Gasteiger partial charge in [-0.25, -0.2) is 4.98 Å². The number of rotatable bonds is 5. The monoisotopic (exact) mass is 350 g/mol. The van der Waals surface area contributed by atoms with Gasteiger partial charge in [0.25, 0.3) is 0 Å². The number of halogens is 1. The molecule has 0 radical (unpaired) electrons. The third-order valence-electron chi connectivity index (χ3n) is 3.49. The highest BCUT2D eigenvalue weighted by atomic mass is 35.5. The van der Waals surface area contributed by atoms with Gasteiger partial charge in [-0.15, -0.1) is 0 Å². The molecule has 1 aliphatic heterocycles. The molecule has 3 rings (SSSR count). The molecule has 5 nitrogen and oxygen atoms in total. The van der Waals surface area contributed by atoms with Gasteiger partial charge in [0.15, 0.2) is 10.9 Å². The molecule has 0 unspecified atom stereocenters. The van der Waals surface area contributed by atoms with Crippen LogP contribution in [0.15, 0.2) is 24.3 Å². The van der Waals surface area contributed by atoms with Gasteiger partial charge < -0.3 is 10.1 Å². The minimum atomic E-state index is -0.209. The Kier molecular flexibility index (Phi) is 5.05. The van der Waals surface area contributed by atoms with Gasteiger partial charge in [-0.1, -0.05) is 22.9 Å². The highest BCUT2D eigenvalue weighted by molar-refractivity contribution is 7.15. The first-order valence-corrected chi connectivity index (χ1v) is 8.46. The number of carbonyl (C=O) groups excluding carboxylic acids is 2. The van der Waals surface area contributed by atoms with Crippen LogP contribution in [0.1, 0.15) is 33.8 Å². The van der Waals surface area contributed by atoms with Crippen LogP contribution in [-0.4, -0.2) is 23.3 Å². The van der Waals surface area contributed by atoms with Crippen molar-refractivity contribution in [3.8, 4) is 0 Å². The molecule has 1 N–H and O–H groups in total. The van der Waals surface area contributed by atoms with Crippen molar-refractivity contribution in [2.75, 3.05) is 11.9 Å². The summed E-state index contributed by atoms with van der Waals surface area (Å²) < 4.78 is 5.35. The molecule has 1 aromatic carbocycles. The highest BCUT2D eigenvalue weighted by Crippen LogP contribution is 2.27. The van der Waals surface area contributed by atoms with Crippen LogP contribution >= 0.6 is 22.9 Å². The highest BCUT2D eigenvalue weighted by Gasteiger charge is 2.17. The van der Waals surface area contributed by atoms with Gasteiger partial charge in [-0.05, 0) is 24.3 Å². The van der Waals surface area contributed by atoms with Crippen LogP contribution in [0.4, 0.5) is 5.13 Å². The predicted molar refractivity (Wildman–Crippen MR) is 89.1 cm³/mol. The van der Waals surface area contributed by atoms with E-state index in [2.05, 4.69) is 10.3 Å². The molecule has 2 heterocycles. The number of amides is 1. The molecule has 0 atom stereocenters. The molecule has 0 saturated heterocycles. The van der Waals surface area contributed by atoms with Crippen LogP contribution in [0.25, 0.3) is 0 Å². The Bertz CT molecular complexity index is 704. The summed E-state index contributed by atoms with van der Waals surface area (Å²) in [5.74, 6) is -0.289. The lowest BCUT2D eigenvalue weighted by molar-refractivity contribution is -0.116. The fourth-order valence-electron chi connectivity index (χ4n) is 2.27. The second-order valence-electron chi connectivity index (χ2n) is 5.17. The molecule has 0 saturated carbocycles. The van der Waals surface area contributed by atoms with Crippen molar-refractivity contribution in [3.05, 3.63) is 45.4 Å². The molecule has 0 aliphatic carbocycles. The molecule has 0 spiro atoms. The lowest BCUT2D eigenvalue weighted by Gasteiger charge is -2.08. The van der Waals surface area contributed by atoms with Crippen LogP contribution in [-0.2, 0) is 22.6 Å². The molecule has 2 aromatic rings. The van der Waals surface area contributed by atoms with Crippen LogP contribution in [0.5, 0.6) is 0 Å². The third-order valence-corrected chi connectivity index (χ3v) is 4.72. The number of nitrogens with zero attached hydrogens (tertiary/aromatic N) is 1. The Morgan fingerprint density at radius 2 is 2.04 bits per heavy atom. The minimum absolute atomic E-state index is 0.0800. The van der Waals surface area contributed by atoms with E-state index in [1.807, 2.05) is 0 Å². The van der Waals surface area contributed by atoms with Crippen LogP contribution < -0.4 is 5.32 Å². The predicted octanol–water partition coefficient (Wildman–Crippen LogP) is 3.47. The molecule has 23 heavy (non-hydrogen) atoms. The Morgan fingerprint density at radius 1 is 1.26 bits per heavy atom. The van der Waals surface area contributed by atoms with Crippen molar-refractivity contribution in [1.29, 1.82) is 0 Å². The Labute approximate surface area is 142 Å². The Morgan fingerprint density at radius 3 is 2.78 bits per heavy atom. The van der Waals surface area contributed by atoms with Gasteiger partial charge in [0, 0.05) is 29.8 Å². The molecule has 1 aromatic heterocycles. The summed E-state index contributed by atoms with van der Waals surface area (Å²) in [6.45, 7) is 1.22. The first-order valence-electron chi connectivity index (χ1n) is 7.27. The van der Waals surface area contributed by atoms with E-state index in [1.54, 1.807) is 24.3 Å². The zero-order valence-corrected chi connectivity index (χ0v) is 13.9. The molecule has 7 heteroatoms. The first-order chi connectivity index (χ1) is 11.1. The first kappa shape index (κ1) is 16.1. The third kappa shape index (κ3) is 4.16. The van der Waals surface area contributed by atoms with Gasteiger partial charge >= 0.3 is 0 Å². The van der Waals surface area contributed by atoms with E-state index >= 15 is 0 Å². The number of ketones is 1. The summed E-state index contributed by atoms with van der Waals surface area (Å²) >= 11 is 7.22. The van der Waals surface area contributed by atoms with E-state index in [1.165, 1.54) is 11.3 Å². The molecular weight excluding hydrogens is 336 g/mol. The molecule has 0 bridgehead atoms. The van der Waals surface area contributed by atoms with Crippen molar-refractivity contribution in [2.45, 2.75) is 25.9 Å². The Hall–Kier alpha value is -1.76. The number of Topliss-reactive ketones (excluding diaryl/α,β-unsaturated/α-hetero) is 1. The number of aromatic nitrogens is 1. The zero-order chi connectivity index (χ0) is 16.2. The fraction of sp³-hybridized carbons (Fsp3) is 0.312. The van der Waals surface area contributed by atoms with Gasteiger partial charge in [0.2, 0.25) is 5.91 Å². The normalized spacial score (nSPS) is 13.4. The van der Waals surface area contributed by atoms with Crippen LogP contribution in [0.2, 0.25) is 5.02 Å². The number of hydrogen-bond donors (Lipinski definition) is 1. The van der Waals surface area contributed by atoms with Gasteiger partial charge in [0.05, 0.1) is 23.8 Å². The summed E-state index contributed by atoms with van der Waals surface area (Å²) in [7, 11) is 0. The quantitative estimate of drug-likeness (QED) is 0.838. The zero-order valence-electron chi connectivity index (χ0n) is 12.3. The van der Waals surface area contributed by atoms with E-state index in [4.69, 9.17) is 16.3 Å². The number of thiazole rings is 1. The van der Waals surface area contributed by atoms with Crippen molar-refractivity contribution < 1.29 is 14.3 Å². The van der Waals surface area contributed by atoms with Gasteiger partial charge in [0.1, 0.15) is 0 Å². The second kappa shape index (κ2) is 7.21. The van der Waals surface area contributed by atoms with Crippen molar-refractivity contribution in [2.24, 2.45) is 0 Å². The lowest BCUT2D eigenvalue weighted by atomic mass is 10.1. The standard InChI is InChI=1S/C16H15ClN2O3S/c17-11-3-1-10(2-4-11)13(20)5-6-15(21)19-16-18-12-7-8-22-9-14(12)23-16/h1-4H,5-9H2,(H,18,19,21). The number of ether oxygens (including phenoxy) is 1. The number of carbonyl (C=O) groups is 2. The van der Waals surface area contributed by atoms with E-state index in [-0.39, 0.29) is 24.5 Å². The molecule has 1 amide bonds. The molecule has 0 fully saturated rings. The van der Waals surface area contributed by atoms with E-state index in [0.29, 0.717) is 28.9 Å². The maximum absolute atomic E-state index is 12.0. The average molecular weight is 351 g/mol. The second-order valence-corrected chi connectivity index (χ2v) is 6.69. The SMILES string of the molecule is O=C(CCC(=O)c1ccc(Cl)cc1)Nc1nc2c(s1)COCC2. The molecule has 120 valence electrons. The van der Waals surface area contributed by atoms with Crippen molar-refractivity contribution in [3.63, 3.8) is 0 Å². The minimum Gasteiger partial charge on any atom is -0.375 e. The maximum Gasteiger partial charge on any atom is 0.226 e. The fourth-order valence-corrected chi connectivity index (χ4v) is 3.36. The van der Waals surface area contributed by atoms with E-state index < -0.39 is 0 Å². The summed E-state index contributed by atoms with van der Waals surface area (Å²) in [6, 6.07) is 6.66. The summed E-state index contributed by atoms with van der Waals surface area (Å²) in [6.07, 6.45) is 1.06. The number of nitrogens with one attached hydrogen (secondary N) is 1. The number of fused-ring (bicyclic) bond motifs is 1.